The average molecular weight is 391 g/mol. The molecular formula is C21H29ClN3O2+. The number of likely N-dealkylation sites (N-methyl/N-ethyl adjacent to an activating group) is 1. The molecule has 4 fully saturated rings. The summed E-state index contributed by atoms with van der Waals surface area (Å²) in [5.41, 5.74) is 1.05. The van der Waals surface area contributed by atoms with Crippen molar-refractivity contribution in [2.24, 2.45) is 17.8 Å². The molecule has 4 saturated carbocycles. The van der Waals surface area contributed by atoms with Crippen molar-refractivity contribution in [3.8, 4) is 0 Å². The van der Waals surface area contributed by atoms with Crippen molar-refractivity contribution in [1.82, 2.24) is 10.6 Å². The molecule has 0 radical (unpaired) electrons. The van der Waals surface area contributed by atoms with Gasteiger partial charge in [0.1, 0.15) is 6.54 Å². The number of urea groups is 1. The van der Waals surface area contributed by atoms with Gasteiger partial charge in [-0.3, -0.25) is 10.1 Å². The number of hydrogen-bond acceptors (Lipinski definition) is 2. The largest absolute Gasteiger partial charge is 0.332 e. The van der Waals surface area contributed by atoms with Crippen LogP contribution in [0.25, 0.3) is 0 Å². The first-order valence-electron chi connectivity index (χ1n) is 10.1. The third-order valence-electron chi connectivity index (χ3n) is 6.55. The molecule has 5 rings (SSSR count). The topological polar surface area (TPSA) is 62.6 Å². The molecule has 5 nitrogen and oxygen atoms in total. The van der Waals surface area contributed by atoms with E-state index in [0.29, 0.717) is 11.6 Å². The Balaban J connectivity index is 1.25. The van der Waals surface area contributed by atoms with Crippen LogP contribution in [-0.4, -0.2) is 31.1 Å². The summed E-state index contributed by atoms with van der Waals surface area (Å²) in [7, 11) is 1.95. The summed E-state index contributed by atoms with van der Waals surface area (Å²) in [6, 6.07) is 7.31. The molecule has 0 saturated heterocycles. The molecule has 1 unspecified atom stereocenters. The second-order valence-electron chi connectivity index (χ2n) is 9.14. The molecule has 146 valence electrons. The number of rotatable bonds is 5. The van der Waals surface area contributed by atoms with Crippen molar-refractivity contribution >= 4 is 23.5 Å². The molecule has 4 aliphatic rings. The van der Waals surface area contributed by atoms with Crippen LogP contribution in [0.5, 0.6) is 0 Å². The lowest BCUT2D eigenvalue weighted by atomic mass is 9.53. The molecule has 27 heavy (non-hydrogen) atoms. The molecule has 1 aromatic carbocycles. The quantitative estimate of drug-likeness (QED) is 0.721. The van der Waals surface area contributed by atoms with Crippen molar-refractivity contribution in [3.63, 3.8) is 0 Å². The Morgan fingerprint density at radius 2 is 1.63 bits per heavy atom. The first-order valence-corrected chi connectivity index (χ1v) is 10.4. The predicted molar refractivity (Wildman–Crippen MR) is 104 cm³/mol. The van der Waals surface area contributed by atoms with Crippen LogP contribution in [0.15, 0.2) is 24.3 Å². The highest BCUT2D eigenvalue weighted by molar-refractivity contribution is 6.30. The van der Waals surface area contributed by atoms with Crippen LogP contribution < -0.4 is 15.5 Å². The maximum absolute atomic E-state index is 12.4. The number of imide groups is 1. The van der Waals surface area contributed by atoms with Gasteiger partial charge in [-0.2, -0.15) is 0 Å². The van der Waals surface area contributed by atoms with Gasteiger partial charge in [0.15, 0.2) is 6.54 Å². The van der Waals surface area contributed by atoms with Gasteiger partial charge >= 0.3 is 6.03 Å². The lowest BCUT2D eigenvalue weighted by Gasteiger charge is -2.56. The SMILES string of the molecule is C[NH+](CC(=O)NC(=O)NC12CC3CC(CC(C3)C1)C2)Cc1ccc(Cl)cc1. The maximum atomic E-state index is 12.4. The van der Waals surface area contributed by atoms with Crippen molar-refractivity contribution in [2.45, 2.75) is 50.6 Å². The van der Waals surface area contributed by atoms with Gasteiger partial charge in [-0.05, 0) is 68.4 Å². The number of carbonyl (C=O) groups is 2. The van der Waals surface area contributed by atoms with Crippen molar-refractivity contribution in [1.29, 1.82) is 0 Å². The van der Waals surface area contributed by atoms with Crippen LogP contribution in [0.4, 0.5) is 4.79 Å². The van der Waals surface area contributed by atoms with Crippen molar-refractivity contribution in [2.75, 3.05) is 13.6 Å². The van der Waals surface area contributed by atoms with E-state index in [1.54, 1.807) is 0 Å². The smallest absolute Gasteiger partial charge is 0.322 e. The van der Waals surface area contributed by atoms with E-state index in [2.05, 4.69) is 10.6 Å². The molecule has 0 spiro atoms. The van der Waals surface area contributed by atoms with Crippen molar-refractivity contribution < 1.29 is 14.5 Å². The number of nitrogens with one attached hydrogen (secondary N) is 3. The average Bonchev–Trinajstić information content (AvgIpc) is 2.54. The zero-order chi connectivity index (χ0) is 19.0. The van der Waals surface area contributed by atoms with E-state index in [0.717, 1.165) is 47.5 Å². The first kappa shape index (κ1) is 18.8. The summed E-state index contributed by atoms with van der Waals surface area (Å²) in [5, 5.41) is 6.44. The molecular weight excluding hydrogens is 362 g/mol. The second kappa shape index (κ2) is 7.44. The molecule has 0 heterocycles. The van der Waals surface area contributed by atoms with Gasteiger partial charge in [0.25, 0.3) is 5.91 Å². The van der Waals surface area contributed by atoms with Gasteiger partial charge in [0, 0.05) is 16.1 Å². The number of hydrogen-bond donors (Lipinski definition) is 3. The Labute approximate surface area is 165 Å². The zero-order valence-corrected chi connectivity index (χ0v) is 16.6. The van der Waals surface area contributed by atoms with Crippen LogP contribution in [0, 0.1) is 17.8 Å². The third-order valence-corrected chi connectivity index (χ3v) is 6.80. The standard InChI is InChI=1S/C21H28ClN3O2/c1-25(12-14-2-4-18(22)5-3-14)13-19(26)23-20(27)24-21-9-15-6-16(10-21)8-17(7-15)11-21/h2-5,15-17H,6-13H2,1H3,(H2,23,24,26,27)/p+1. The number of benzene rings is 1. The minimum absolute atomic E-state index is 0.0683. The lowest BCUT2D eigenvalue weighted by molar-refractivity contribution is -0.885. The van der Waals surface area contributed by atoms with E-state index in [1.807, 2.05) is 31.3 Å². The fourth-order valence-corrected chi connectivity index (χ4v) is 6.12. The lowest BCUT2D eigenvalue weighted by Crippen LogP contribution is -3.09. The van der Waals surface area contributed by atoms with Gasteiger partial charge in [0.2, 0.25) is 0 Å². The summed E-state index contributed by atoms with van der Waals surface area (Å²) in [6.07, 6.45) is 7.26. The normalized spacial score (nSPS) is 32.1. The van der Waals surface area contributed by atoms with E-state index in [4.69, 9.17) is 11.6 Å². The van der Waals surface area contributed by atoms with Gasteiger partial charge in [-0.1, -0.05) is 23.7 Å². The van der Waals surface area contributed by atoms with E-state index >= 15 is 0 Å². The number of halogens is 1. The molecule has 3 N–H and O–H groups in total. The molecule has 0 aliphatic heterocycles. The first-order chi connectivity index (χ1) is 12.9. The molecule has 1 aromatic rings. The number of carbonyl (C=O) groups excluding carboxylic acids is 2. The number of quaternary nitrogens is 1. The molecule has 1 atom stereocenters. The Morgan fingerprint density at radius 1 is 1.07 bits per heavy atom. The summed E-state index contributed by atoms with van der Waals surface area (Å²) in [4.78, 5) is 25.8. The highest BCUT2D eigenvalue weighted by Gasteiger charge is 2.51. The third kappa shape index (κ3) is 4.46. The Morgan fingerprint density at radius 3 is 2.19 bits per heavy atom. The number of amides is 3. The fraction of sp³-hybridized carbons (Fsp3) is 0.619. The molecule has 0 aromatic heterocycles. The Hall–Kier alpha value is -1.59. The highest BCUT2D eigenvalue weighted by atomic mass is 35.5. The Bertz CT molecular complexity index is 683. The predicted octanol–water partition coefficient (Wildman–Crippen LogP) is 2.15. The summed E-state index contributed by atoms with van der Waals surface area (Å²) in [5.74, 6) is 2.07. The van der Waals surface area contributed by atoms with E-state index in [-0.39, 0.29) is 24.0 Å². The summed E-state index contributed by atoms with van der Waals surface area (Å²) in [6.45, 7) is 0.970. The molecule has 3 amide bonds. The van der Waals surface area contributed by atoms with Crippen molar-refractivity contribution in [3.05, 3.63) is 34.9 Å². The Kier molecular flexibility index (Phi) is 5.17. The minimum Gasteiger partial charge on any atom is -0.332 e. The van der Waals surface area contributed by atoms with Crippen LogP contribution in [-0.2, 0) is 11.3 Å². The van der Waals surface area contributed by atoms with Crippen LogP contribution in [0.2, 0.25) is 5.02 Å². The van der Waals surface area contributed by atoms with Gasteiger partial charge in [-0.25, -0.2) is 4.79 Å². The van der Waals surface area contributed by atoms with Crippen LogP contribution in [0.3, 0.4) is 0 Å². The molecule has 4 aliphatic carbocycles. The van der Waals surface area contributed by atoms with E-state index < -0.39 is 0 Å². The van der Waals surface area contributed by atoms with E-state index in [1.165, 1.54) is 19.3 Å². The van der Waals surface area contributed by atoms with Gasteiger partial charge in [-0.15, -0.1) is 0 Å². The summed E-state index contributed by atoms with van der Waals surface area (Å²) >= 11 is 5.90. The van der Waals surface area contributed by atoms with Crippen LogP contribution in [0.1, 0.15) is 44.1 Å². The highest BCUT2D eigenvalue weighted by Crippen LogP contribution is 2.55. The van der Waals surface area contributed by atoms with Gasteiger partial charge < -0.3 is 10.2 Å². The molecule has 6 heteroatoms. The van der Waals surface area contributed by atoms with E-state index in [9.17, 15) is 9.59 Å². The minimum atomic E-state index is -0.318. The van der Waals surface area contributed by atoms with Gasteiger partial charge in [0.05, 0.1) is 7.05 Å². The van der Waals surface area contributed by atoms with Crippen LogP contribution >= 0.6 is 11.6 Å². The second-order valence-corrected chi connectivity index (χ2v) is 9.57. The maximum Gasteiger partial charge on any atom is 0.322 e. The zero-order valence-electron chi connectivity index (χ0n) is 15.9. The monoisotopic (exact) mass is 390 g/mol. The fourth-order valence-electron chi connectivity index (χ4n) is 5.99. The summed E-state index contributed by atoms with van der Waals surface area (Å²) < 4.78 is 0. The molecule has 4 bridgehead atoms.